The fourth-order valence-corrected chi connectivity index (χ4v) is 3.40. The summed E-state index contributed by atoms with van der Waals surface area (Å²) in [5.74, 6) is -0.569. The minimum atomic E-state index is -0.310. The van der Waals surface area contributed by atoms with Gasteiger partial charge in [-0.05, 0) is 33.1 Å². The topological polar surface area (TPSA) is 52.6 Å². The van der Waals surface area contributed by atoms with Gasteiger partial charge in [0.1, 0.15) is 0 Å². The molecule has 0 radical (unpaired) electrons. The molecule has 0 aliphatic rings. The van der Waals surface area contributed by atoms with Crippen molar-refractivity contribution < 1.29 is 19.1 Å². The lowest BCUT2D eigenvalue weighted by Gasteiger charge is -2.11. The summed E-state index contributed by atoms with van der Waals surface area (Å²) in [6.45, 7) is 15.6. The van der Waals surface area contributed by atoms with Crippen molar-refractivity contribution in [2.45, 2.75) is 143 Å². The van der Waals surface area contributed by atoms with E-state index in [1.165, 1.54) is 89.5 Å². The third-order valence-corrected chi connectivity index (χ3v) is 5.53. The Morgan fingerprint density at radius 1 is 0.758 bits per heavy atom. The van der Waals surface area contributed by atoms with Crippen molar-refractivity contribution in [3.63, 3.8) is 0 Å². The molecule has 0 bridgehead atoms. The summed E-state index contributed by atoms with van der Waals surface area (Å²) in [4.78, 5) is 21.9. The molecular weight excluding hydrogens is 412 g/mol. The quantitative estimate of drug-likeness (QED) is 0.0962. The van der Waals surface area contributed by atoms with E-state index < -0.39 is 0 Å². The zero-order valence-electron chi connectivity index (χ0n) is 22.4. The van der Waals surface area contributed by atoms with E-state index >= 15 is 0 Å². The van der Waals surface area contributed by atoms with Crippen molar-refractivity contribution in [1.82, 2.24) is 0 Å². The second-order valence-corrected chi connectivity index (χ2v) is 9.11. The van der Waals surface area contributed by atoms with Gasteiger partial charge in [0.15, 0.2) is 0 Å². The molecule has 0 aliphatic carbocycles. The third-order valence-electron chi connectivity index (χ3n) is 5.53. The molecule has 33 heavy (non-hydrogen) atoms. The predicted octanol–water partition coefficient (Wildman–Crippen LogP) is 8.88. The summed E-state index contributed by atoms with van der Waals surface area (Å²) in [5, 5.41) is 0. The Kier molecular flexibility index (Phi) is 27.1. The van der Waals surface area contributed by atoms with Gasteiger partial charge in [0.25, 0.3) is 0 Å². The molecule has 0 aliphatic heterocycles. The first-order valence-corrected chi connectivity index (χ1v) is 13.5. The van der Waals surface area contributed by atoms with Crippen LogP contribution in [0.4, 0.5) is 0 Å². The smallest absolute Gasteiger partial charge is 0.333 e. The van der Waals surface area contributed by atoms with Crippen LogP contribution < -0.4 is 0 Å². The van der Waals surface area contributed by atoms with E-state index in [0.29, 0.717) is 12.2 Å². The molecule has 0 heterocycles. The Labute approximate surface area is 205 Å². The normalized spacial score (nSPS) is 11.2. The molecule has 194 valence electrons. The summed E-state index contributed by atoms with van der Waals surface area (Å²) in [5.41, 5.74) is 0.487. The zero-order chi connectivity index (χ0) is 25.2. The van der Waals surface area contributed by atoms with Crippen LogP contribution in [0.5, 0.6) is 0 Å². The van der Waals surface area contributed by atoms with Gasteiger partial charge in [0.05, 0.1) is 12.7 Å². The van der Waals surface area contributed by atoms with E-state index in [4.69, 9.17) is 9.47 Å². The lowest BCUT2D eigenvalue weighted by molar-refractivity contribution is -0.142. The molecule has 0 saturated heterocycles. The Balaban J connectivity index is 0. The molecule has 0 fully saturated rings. The van der Waals surface area contributed by atoms with E-state index in [9.17, 15) is 9.59 Å². The average molecular weight is 467 g/mol. The molecule has 4 nitrogen and oxygen atoms in total. The average Bonchev–Trinajstić information content (AvgIpc) is 2.79. The molecule has 1 atom stereocenters. The van der Waals surface area contributed by atoms with Gasteiger partial charge < -0.3 is 9.47 Å². The SMILES string of the molecule is C=C(C)C(=O)OCCCCCCCCCCC.C=CC(=O)OC(C)CCCCCCCCC. The number of ether oxygens (including phenoxy) is 2. The molecular formula is C29H54O4. The van der Waals surface area contributed by atoms with E-state index in [2.05, 4.69) is 27.0 Å². The summed E-state index contributed by atoms with van der Waals surface area (Å²) in [6, 6.07) is 0. The first kappa shape index (κ1) is 33.6. The van der Waals surface area contributed by atoms with Gasteiger partial charge in [-0.25, -0.2) is 9.59 Å². The Morgan fingerprint density at radius 2 is 1.18 bits per heavy atom. The Hall–Kier alpha value is -1.58. The maximum Gasteiger partial charge on any atom is 0.333 e. The zero-order valence-corrected chi connectivity index (χ0v) is 22.4. The van der Waals surface area contributed by atoms with E-state index in [-0.39, 0.29) is 18.0 Å². The molecule has 0 aromatic heterocycles. The van der Waals surface area contributed by atoms with Crippen molar-refractivity contribution in [3.05, 3.63) is 24.8 Å². The van der Waals surface area contributed by atoms with E-state index in [0.717, 1.165) is 25.7 Å². The van der Waals surface area contributed by atoms with Crippen molar-refractivity contribution in [2.75, 3.05) is 6.61 Å². The van der Waals surface area contributed by atoms with Gasteiger partial charge in [-0.1, -0.05) is 117 Å². The minimum absolute atomic E-state index is 0.0288. The van der Waals surface area contributed by atoms with Crippen molar-refractivity contribution in [1.29, 1.82) is 0 Å². The number of rotatable bonds is 21. The van der Waals surface area contributed by atoms with Crippen molar-refractivity contribution >= 4 is 11.9 Å². The Bertz CT molecular complexity index is 484. The highest BCUT2D eigenvalue weighted by molar-refractivity contribution is 5.86. The van der Waals surface area contributed by atoms with Crippen molar-refractivity contribution in [3.8, 4) is 0 Å². The van der Waals surface area contributed by atoms with Crippen LogP contribution in [0.15, 0.2) is 24.8 Å². The molecule has 0 aromatic rings. The summed E-state index contributed by atoms with van der Waals surface area (Å²) in [7, 11) is 0. The summed E-state index contributed by atoms with van der Waals surface area (Å²) < 4.78 is 10.1. The Morgan fingerprint density at radius 3 is 1.61 bits per heavy atom. The molecule has 0 aromatic carbocycles. The van der Waals surface area contributed by atoms with Crippen LogP contribution in [0.25, 0.3) is 0 Å². The van der Waals surface area contributed by atoms with Crippen LogP contribution in [-0.4, -0.2) is 24.6 Å². The number of unbranched alkanes of at least 4 members (excludes halogenated alkanes) is 14. The first-order chi connectivity index (χ1) is 15.9. The number of hydrogen-bond donors (Lipinski definition) is 0. The number of carbonyl (C=O) groups is 2. The maximum atomic E-state index is 11.1. The molecule has 1 unspecified atom stereocenters. The van der Waals surface area contributed by atoms with Crippen molar-refractivity contribution in [2.24, 2.45) is 0 Å². The van der Waals surface area contributed by atoms with Crippen LogP contribution in [-0.2, 0) is 19.1 Å². The van der Waals surface area contributed by atoms with Crippen LogP contribution >= 0.6 is 0 Å². The van der Waals surface area contributed by atoms with Crippen LogP contribution in [0.3, 0.4) is 0 Å². The minimum Gasteiger partial charge on any atom is -0.462 e. The highest BCUT2D eigenvalue weighted by atomic mass is 16.5. The summed E-state index contributed by atoms with van der Waals surface area (Å²) >= 11 is 0. The molecule has 0 rings (SSSR count). The molecule has 0 amide bonds. The maximum absolute atomic E-state index is 11.1. The highest BCUT2D eigenvalue weighted by Gasteiger charge is 2.05. The van der Waals surface area contributed by atoms with Gasteiger partial charge in [0.2, 0.25) is 0 Å². The van der Waals surface area contributed by atoms with Crippen LogP contribution in [0.2, 0.25) is 0 Å². The van der Waals surface area contributed by atoms with E-state index in [1.54, 1.807) is 6.92 Å². The van der Waals surface area contributed by atoms with E-state index in [1.807, 2.05) is 6.92 Å². The molecule has 0 spiro atoms. The second-order valence-electron chi connectivity index (χ2n) is 9.11. The van der Waals surface area contributed by atoms with Gasteiger partial charge >= 0.3 is 11.9 Å². The number of hydrogen-bond acceptors (Lipinski definition) is 4. The summed E-state index contributed by atoms with van der Waals surface area (Å²) in [6.07, 6.45) is 22.8. The fourth-order valence-electron chi connectivity index (χ4n) is 3.40. The lowest BCUT2D eigenvalue weighted by Crippen LogP contribution is -2.12. The molecule has 0 saturated carbocycles. The molecule has 4 heteroatoms. The van der Waals surface area contributed by atoms with Crippen LogP contribution in [0.1, 0.15) is 137 Å². The highest BCUT2D eigenvalue weighted by Crippen LogP contribution is 2.11. The monoisotopic (exact) mass is 466 g/mol. The standard InChI is InChI=1S/C15H28O2.C14H26O2/c1-4-5-6-7-8-9-10-11-12-13-17-15(16)14(2)3;1-4-6-7-8-9-10-11-12-13(3)16-14(15)5-2/h2,4-13H2,1,3H3;5,13H,2,4,6-12H2,1,3H3. The van der Waals surface area contributed by atoms with Gasteiger partial charge in [0, 0.05) is 11.6 Å². The first-order valence-electron chi connectivity index (χ1n) is 13.5. The largest absolute Gasteiger partial charge is 0.462 e. The van der Waals surface area contributed by atoms with Crippen LogP contribution in [0, 0.1) is 0 Å². The number of esters is 2. The second kappa shape index (κ2) is 26.7. The fraction of sp³-hybridized carbons (Fsp3) is 0.793. The number of carbonyl (C=O) groups excluding carboxylic acids is 2. The van der Waals surface area contributed by atoms with Gasteiger partial charge in [-0.15, -0.1) is 0 Å². The lowest BCUT2D eigenvalue weighted by atomic mass is 10.1. The van der Waals surface area contributed by atoms with Gasteiger partial charge in [-0.2, -0.15) is 0 Å². The predicted molar refractivity (Wildman–Crippen MR) is 141 cm³/mol. The third kappa shape index (κ3) is 28.4. The van der Waals surface area contributed by atoms with Gasteiger partial charge in [-0.3, -0.25) is 0 Å². The molecule has 0 N–H and O–H groups in total.